The number of hydrogen-bond acceptors (Lipinski definition) is 21. The number of ether oxygens (including phenoxy) is 4. The molecule has 0 unspecified atom stereocenters. The fourth-order valence-corrected chi connectivity index (χ4v) is 9.73. The van der Waals surface area contributed by atoms with E-state index in [1.807, 2.05) is 11.9 Å². The second-order valence-corrected chi connectivity index (χ2v) is 19.6. The Morgan fingerprint density at radius 1 is 0.536 bits per heavy atom. The van der Waals surface area contributed by atoms with Crippen molar-refractivity contribution >= 4 is 11.6 Å². The summed E-state index contributed by atoms with van der Waals surface area (Å²) in [7, 11) is 0. The van der Waals surface area contributed by atoms with Gasteiger partial charge in [-0.2, -0.15) is 9.97 Å². The maximum absolute atomic E-state index is 14.6. The average Bonchev–Trinajstić information content (AvgIpc) is 3.48. The number of alkyl halides is 4. The lowest BCUT2D eigenvalue weighted by Gasteiger charge is -2.29. The highest BCUT2D eigenvalue weighted by Crippen LogP contribution is 2.47. The molecule has 8 heterocycles. The van der Waals surface area contributed by atoms with Gasteiger partial charge in [0.25, 0.3) is 11.1 Å². The molecule has 4 aromatic rings. The summed E-state index contributed by atoms with van der Waals surface area (Å²) in [6.07, 6.45) is -7.64. The molecule has 0 bridgehead atoms. The minimum atomic E-state index is -2.02. The van der Waals surface area contributed by atoms with Crippen LogP contribution in [0.3, 0.4) is 0 Å². The van der Waals surface area contributed by atoms with Gasteiger partial charge >= 0.3 is 22.8 Å². The minimum absolute atomic E-state index is 0.00916. The Bertz CT molecular complexity index is 3300. The van der Waals surface area contributed by atoms with Gasteiger partial charge in [0, 0.05) is 74.3 Å². The van der Waals surface area contributed by atoms with Gasteiger partial charge in [-0.05, 0) is 47.1 Å². The molecule has 4 fully saturated rings. The van der Waals surface area contributed by atoms with Crippen LogP contribution in [0.2, 0.25) is 0 Å². The first kappa shape index (κ1) is 66.2. The number of nitrogens with zero attached hydrogens (tertiary/aromatic N) is 18. The highest BCUT2D eigenvalue weighted by Gasteiger charge is 2.57. The number of rotatable bonds is 16. The molecule has 0 saturated carbocycles. The van der Waals surface area contributed by atoms with E-state index < -0.39 is 149 Å². The normalized spacial score (nSPS) is 31.9. The van der Waals surface area contributed by atoms with E-state index in [0.717, 1.165) is 42.8 Å². The zero-order valence-corrected chi connectivity index (χ0v) is 45.3. The van der Waals surface area contributed by atoms with Crippen LogP contribution in [0.4, 0.5) is 29.2 Å². The summed E-state index contributed by atoms with van der Waals surface area (Å²) >= 11 is 0. The Hall–Kier alpha value is -8.60. The van der Waals surface area contributed by atoms with Crippen LogP contribution in [-0.2, 0) is 18.9 Å². The number of hydrogen-bond donors (Lipinski definition) is 7. The van der Waals surface area contributed by atoms with Crippen LogP contribution in [0.25, 0.3) is 41.8 Å². The number of azide groups is 4. The molecule has 0 radical (unpaired) electrons. The van der Waals surface area contributed by atoms with Crippen LogP contribution in [0.1, 0.15) is 72.4 Å². The highest BCUT2D eigenvalue weighted by molar-refractivity contribution is 5.24. The van der Waals surface area contributed by atoms with Crippen molar-refractivity contribution < 1.29 is 51.8 Å². The summed E-state index contributed by atoms with van der Waals surface area (Å²) in [6, 6.07) is 4.85. The van der Waals surface area contributed by atoms with E-state index in [2.05, 4.69) is 55.1 Å². The van der Waals surface area contributed by atoms with Crippen LogP contribution in [0, 0.1) is 17.8 Å². The molecule has 0 amide bonds. The van der Waals surface area contributed by atoms with Crippen molar-refractivity contribution in [3.63, 3.8) is 0 Å². The third kappa shape index (κ3) is 13.7. The topological polar surface area (TPSA) is 524 Å². The maximum atomic E-state index is 14.6. The zero-order valence-electron chi connectivity index (χ0n) is 45.3. The molecule has 16 atom stereocenters. The van der Waals surface area contributed by atoms with Crippen LogP contribution in [0.15, 0.2) is 98.3 Å². The quantitative estimate of drug-likeness (QED) is 0.0367. The summed E-state index contributed by atoms with van der Waals surface area (Å²) in [4.78, 5) is 90.6. The maximum Gasteiger partial charge on any atom is 0.351 e. The van der Waals surface area contributed by atoms with Crippen molar-refractivity contribution in [1.82, 2.24) is 38.2 Å². The third-order valence-corrected chi connectivity index (χ3v) is 15.1. The molecule has 4 saturated heterocycles. The van der Waals surface area contributed by atoms with Crippen molar-refractivity contribution in [2.45, 2.75) is 126 Å². The van der Waals surface area contributed by atoms with Gasteiger partial charge in [0.1, 0.15) is 28.9 Å². The summed E-state index contributed by atoms with van der Waals surface area (Å²) in [5.74, 6) is -1.88. The van der Waals surface area contributed by atoms with Crippen molar-refractivity contribution in [2.75, 3.05) is 50.9 Å². The number of H-pyrrole nitrogens is 2. The molecular weight excluding hydrogens is 1130 g/mol. The lowest BCUT2D eigenvalue weighted by Crippen LogP contribution is -2.48. The zero-order chi connectivity index (χ0) is 62.5. The highest BCUT2D eigenvalue weighted by atomic mass is 19.1. The number of halogens is 4. The monoisotopic (exact) mass is 1190 g/mol. The first-order valence-electron chi connectivity index (χ1n) is 25.3. The third-order valence-electron chi connectivity index (χ3n) is 15.1. The van der Waals surface area contributed by atoms with Crippen molar-refractivity contribution in [1.29, 1.82) is 0 Å². The van der Waals surface area contributed by atoms with E-state index in [0.29, 0.717) is 12.8 Å². The van der Waals surface area contributed by atoms with Gasteiger partial charge in [0.05, 0.1) is 50.6 Å². The first-order chi connectivity index (χ1) is 39.8. The Labute approximate surface area is 468 Å². The van der Waals surface area contributed by atoms with Gasteiger partial charge in [-0.25, -0.2) is 36.7 Å². The summed E-state index contributed by atoms with van der Waals surface area (Å²) in [6.45, 7) is 6.32. The van der Waals surface area contributed by atoms with Gasteiger partial charge in [0.2, 0.25) is 0 Å². The number of nitrogens with one attached hydrogen (secondary N) is 2. The van der Waals surface area contributed by atoms with E-state index in [1.54, 1.807) is 20.8 Å². The standard InChI is InChI=1S/C12H17FN6O2.C12H16FN5O3.C11H14FN5O4.C10H13FN6O4/c1-3-12(6-16-18-15)7(2)9(13)10(21-12)19-5-4-8(14)17-11(19)20;1-3-12(6-15-17-14)7(2)9(13)10(21-12)18-5-4-8(19)16-11(18)20;1-6-8(12)9(17-3-2-7(19)15-10(17)20)21-11(6,5-18)4-14-16-13;11-6-7(19)10(4-18,3-14-16-13)21-8(6)17-2-1-5(12)15-9(17)20/h4-5,7,9-10H,3,6H2,1-2H3,(H2,14,17,20);4-5,7,9-10H,3,6H2,1-2H3,(H,16,19,20);2-3,6,8-9,18H,4-5H2,1H3,(H,15,19,20);1-2,6-8,18-19H,3-4H2,(H2,12,15,20)/t2*7-,9+,10+,12-;6-,8+,9+,11+;6-,7+,8-,10-/m0001/s1. The molecule has 4 aliphatic heterocycles. The van der Waals surface area contributed by atoms with Crippen molar-refractivity contribution in [2.24, 2.45) is 38.2 Å². The van der Waals surface area contributed by atoms with Gasteiger partial charge in [-0.3, -0.25) is 37.8 Å². The number of nitrogen functional groups attached to an aromatic ring is 2. The molecule has 0 aromatic carbocycles. The SMILES string of the molecule is CC[C@@]1(CN=[N+]=[N-])O[C@@H](n2ccc(=O)[nH]c2=O)[C@H](F)[C@@H]1C.CC[C@@]1(CN=[N+]=[N-])O[C@@H](n2ccc(N)nc2=O)[C@H](F)[C@@H]1C.C[C@H]1[C@@H](F)[C@H](n2ccc(=O)[nH]c2=O)O[C@@]1(CO)CN=[N+]=[N-].[N-]=[N+]=NC[C@]1(CO)O[C@@H](n2ccc(N)nc2=O)[C@H](F)[C@@H]1O. The number of aromatic nitrogens is 8. The largest absolute Gasteiger partial charge is 0.393 e. The predicted octanol–water partition coefficient (Wildman–Crippen LogP) is 2.46. The lowest BCUT2D eigenvalue weighted by molar-refractivity contribution is -0.122. The van der Waals surface area contributed by atoms with Gasteiger partial charge in [-0.1, -0.05) is 55.1 Å². The summed E-state index contributed by atoms with van der Waals surface area (Å²) < 4.78 is 83.8. The Balaban J connectivity index is 0.000000205. The lowest BCUT2D eigenvalue weighted by atomic mass is 9.85. The van der Waals surface area contributed by atoms with Gasteiger partial charge in [0.15, 0.2) is 49.6 Å². The number of nitrogens with two attached hydrogens (primary N) is 2. The van der Waals surface area contributed by atoms with Gasteiger partial charge < -0.3 is 45.7 Å². The second kappa shape index (κ2) is 28.1. The van der Waals surface area contributed by atoms with Crippen LogP contribution >= 0.6 is 0 Å². The summed E-state index contributed by atoms with van der Waals surface area (Å²) in [5, 5.41) is 42.3. The second-order valence-electron chi connectivity index (χ2n) is 19.6. The van der Waals surface area contributed by atoms with E-state index in [9.17, 15) is 61.6 Å². The molecule has 84 heavy (non-hydrogen) atoms. The number of anilines is 2. The molecule has 0 aliphatic carbocycles. The van der Waals surface area contributed by atoms with E-state index >= 15 is 0 Å². The fourth-order valence-electron chi connectivity index (χ4n) is 9.73. The minimum Gasteiger partial charge on any atom is -0.393 e. The molecular formula is C45H60F4N22O13. The Kier molecular flexibility index (Phi) is 22.2. The van der Waals surface area contributed by atoms with Crippen molar-refractivity contribution in [3.05, 3.63) is 153 Å². The van der Waals surface area contributed by atoms with Gasteiger partial charge in [-0.15, -0.1) is 0 Å². The van der Waals surface area contributed by atoms with E-state index in [-0.39, 0.29) is 31.3 Å². The Morgan fingerprint density at radius 2 is 0.833 bits per heavy atom. The molecule has 39 heteroatoms. The van der Waals surface area contributed by atoms with E-state index in [4.69, 9.17) is 52.5 Å². The molecule has 4 aliphatic rings. The number of aromatic amines is 2. The number of aliphatic hydroxyl groups is 3. The van der Waals surface area contributed by atoms with Crippen LogP contribution in [-0.4, -0.2) is 146 Å². The average molecular weight is 1190 g/mol. The van der Waals surface area contributed by atoms with E-state index in [1.165, 1.54) is 31.5 Å². The molecule has 456 valence electrons. The smallest absolute Gasteiger partial charge is 0.351 e. The summed E-state index contributed by atoms with van der Waals surface area (Å²) in [5.41, 5.74) is 35.0. The first-order valence-corrected chi connectivity index (χ1v) is 25.3. The molecule has 4 aromatic heterocycles. The molecule has 9 N–H and O–H groups in total. The Morgan fingerprint density at radius 3 is 1.17 bits per heavy atom. The van der Waals surface area contributed by atoms with Crippen molar-refractivity contribution in [3.8, 4) is 0 Å². The molecule has 0 spiro atoms. The predicted molar refractivity (Wildman–Crippen MR) is 284 cm³/mol. The fraction of sp³-hybridized carbons (Fsp3) is 0.644. The molecule has 8 rings (SSSR count). The van der Waals surface area contributed by atoms with Crippen LogP contribution < -0.4 is 45.3 Å². The molecule has 35 nitrogen and oxygen atoms in total. The number of aliphatic hydroxyl groups excluding tert-OH is 3. The van der Waals surface area contributed by atoms with Crippen LogP contribution in [0.5, 0.6) is 0 Å².